The van der Waals surface area contributed by atoms with Crippen molar-refractivity contribution in [3.8, 4) is 0 Å². The third-order valence-electron chi connectivity index (χ3n) is 6.93. The molecule has 4 aromatic rings. The van der Waals surface area contributed by atoms with E-state index in [1.54, 1.807) is 0 Å². The number of aryl methyl sites for hydroxylation is 3. The van der Waals surface area contributed by atoms with Gasteiger partial charge < -0.3 is 0 Å². The van der Waals surface area contributed by atoms with Crippen molar-refractivity contribution in [1.29, 1.82) is 0 Å². The lowest BCUT2D eigenvalue weighted by molar-refractivity contribution is 0.572. The molecule has 1 aliphatic carbocycles. The summed E-state index contributed by atoms with van der Waals surface area (Å²) in [6, 6.07) is 9.54. The molecule has 156 valence electrons. The van der Waals surface area contributed by atoms with Gasteiger partial charge in [0.15, 0.2) is 0 Å². The third-order valence-corrected chi connectivity index (χ3v) is 6.93. The standard InChI is InChI=1S/C26H32N4/c1-15(2)21-16(3)9-13-20-24(21)30(19-11-12-19)28-25(20)26(5,6)22-17(4)8-10-18-14-27-29(7)23(18)22/h8-10,13-15,19H,11-12H2,1-7H3. The molecule has 1 fully saturated rings. The molecule has 0 bridgehead atoms. The first-order valence-electron chi connectivity index (χ1n) is 11.2. The highest BCUT2D eigenvalue weighted by molar-refractivity contribution is 5.90. The smallest absolute Gasteiger partial charge is 0.0804 e. The highest BCUT2D eigenvalue weighted by Gasteiger charge is 2.36. The zero-order valence-electron chi connectivity index (χ0n) is 19.2. The fraction of sp³-hybridized carbons (Fsp3) is 0.462. The van der Waals surface area contributed by atoms with Gasteiger partial charge in [0.25, 0.3) is 0 Å². The van der Waals surface area contributed by atoms with Gasteiger partial charge >= 0.3 is 0 Å². The van der Waals surface area contributed by atoms with Crippen molar-refractivity contribution in [2.24, 2.45) is 7.05 Å². The molecule has 4 nitrogen and oxygen atoms in total. The molecule has 0 amide bonds. The molecule has 0 atom stereocenters. The summed E-state index contributed by atoms with van der Waals surface area (Å²) in [6.45, 7) is 13.7. The first kappa shape index (κ1) is 19.3. The van der Waals surface area contributed by atoms with Gasteiger partial charge in [-0.1, -0.05) is 38.1 Å². The first-order chi connectivity index (χ1) is 14.2. The second-order valence-electron chi connectivity index (χ2n) is 9.96. The molecule has 1 aliphatic rings. The number of rotatable bonds is 4. The lowest BCUT2D eigenvalue weighted by Gasteiger charge is -2.27. The maximum atomic E-state index is 5.33. The lowest BCUT2D eigenvalue weighted by atomic mass is 9.76. The van der Waals surface area contributed by atoms with Gasteiger partial charge in [0.1, 0.15) is 0 Å². The van der Waals surface area contributed by atoms with Crippen LogP contribution in [0.3, 0.4) is 0 Å². The molecule has 30 heavy (non-hydrogen) atoms. The fourth-order valence-electron chi connectivity index (χ4n) is 5.41. The summed E-state index contributed by atoms with van der Waals surface area (Å²) in [5.74, 6) is 0.473. The maximum absolute atomic E-state index is 5.33. The summed E-state index contributed by atoms with van der Waals surface area (Å²) in [7, 11) is 2.04. The van der Waals surface area contributed by atoms with E-state index in [-0.39, 0.29) is 5.41 Å². The monoisotopic (exact) mass is 400 g/mol. The predicted molar refractivity (Wildman–Crippen MR) is 124 cm³/mol. The minimum atomic E-state index is -0.237. The van der Waals surface area contributed by atoms with Crippen molar-refractivity contribution in [3.05, 3.63) is 58.4 Å². The van der Waals surface area contributed by atoms with Gasteiger partial charge in [0, 0.05) is 23.2 Å². The number of benzene rings is 2. The summed E-state index contributed by atoms with van der Waals surface area (Å²) < 4.78 is 4.37. The van der Waals surface area contributed by atoms with Gasteiger partial charge in [-0.15, -0.1) is 0 Å². The molecule has 0 unspecified atom stereocenters. The Hall–Kier alpha value is -2.62. The molecule has 0 aliphatic heterocycles. The van der Waals surface area contributed by atoms with E-state index in [0.29, 0.717) is 12.0 Å². The number of nitrogens with zero attached hydrogens (tertiary/aromatic N) is 4. The average Bonchev–Trinajstić information content (AvgIpc) is 3.36. The van der Waals surface area contributed by atoms with Crippen LogP contribution in [0, 0.1) is 13.8 Å². The Balaban J connectivity index is 1.85. The molecule has 2 heterocycles. The second-order valence-corrected chi connectivity index (χ2v) is 9.96. The van der Waals surface area contributed by atoms with E-state index in [2.05, 4.69) is 75.6 Å². The van der Waals surface area contributed by atoms with E-state index < -0.39 is 0 Å². The summed E-state index contributed by atoms with van der Waals surface area (Å²) in [5.41, 5.74) is 8.95. The van der Waals surface area contributed by atoms with Crippen LogP contribution >= 0.6 is 0 Å². The summed E-state index contributed by atoms with van der Waals surface area (Å²) in [4.78, 5) is 0. The van der Waals surface area contributed by atoms with E-state index >= 15 is 0 Å². The lowest BCUT2D eigenvalue weighted by Crippen LogP contribution is -2.23. The molecule has 0 spiro atoms. The van der Waals surface area contributed by atoms with E-state index in [1.165, 1.54) is 62.6 Å². The van der Waals surface area contributed by atoms with Crippen molar-refractivity contribution in [1.82, 2.24) is 19.6 Å². The van der Waals surface area contributed by atoms with Gasteiger partial charge in [-0.2, -0.15) is 10.2 Å². The Morgan fingerprint density at radius 2 is 1.70 bits per heavy atom. The largest absolute Gasteiger partial charge is 0.268 e. The van der Waals surface area contributed by atoms with Gasteiger partial charge in [0.05, 0.1) is 29.0 Å². The van der Waals surface area contributed by atoms with Gasteiger partial charge in [-0.05, 0) is 68.7 Å². The Kier molecular flexibility index (Phi) is 4.15. The predicted octanol–water partition coefficient (Wildman–Crippen LogP) is 6.32. The van der Waals surface area contributed by atoms with Crippen LogP contribution in [0.5, 0.6) is 0 Å². The molecule has 4 heteroatoms. The van der Waals surface area contributed by atoms with E-state index in [4.69, 9.17) is 5.10 Å². The molecule has 0 radical (unpaired) electrons. The molecule has 5 rings (SSSR count). The summed E-state index contributed by atoms with van der Waals surface area (Å²) >= 11 is 0. The van der Waals surface area contributed by atoms with E-state index in [1.807, 2.05) is 17.9 Å². The van der Waals surface area contributed by atoms with Crippen LogP contribution < -0.4 is 0 Å². The van der Waals surface area contributed by atoms with Crippen LogP contribution in [0.2, 0.25) is 0 Å². The fourth-order valence-corrected chi connectivity index (χ4v) is 5.41. The van der Waals surface area contributed by atoms with Crippen LogP contribution in [-0.4, -0.2) is 19.6 Å². The molecular weight excluding hydrogens is 368 g/mol. The zero-order chi connectivity index (χ0) is 21.4. The first-order valence-corrected chi connectivity index (χ1v) is 11.2. The maximum Gasteiger partial charge on any atom is 0.0804 e. The van der Waals surface area contributed by atoms with Gasteiger partial charge in [-0.3, -0.25) is 9.36 Å². The average molecular weight is 401 g/mol. The zero-order valence-corrected chi connectivity index (χ0v) is 19.2. The molecule has 0 saturated heterocycles. The Morgan fingerprint density at radius 3 is 2.37 bits per heavy atom. The van der Waals surface area contributed by atoms with Crippen LogP contribution in [0.25, 0.3) is 21.8 Å². The van der Waals surface area contributed by atoms with Crippen LogP contribution in [0.15, 0.2) is 30.5 Å². The highest BCUT2D eigenvalue weighted by atomic mass is 15.3. The van der Waals surface area contributed by atoms with Crippen LogP contribution in [0.1, 0.15) is 80.4 Å². The minimum absolute atomic E-state index is 0.237. The second kappa shape index (κ2) is 6.44. The van der Waals surface area contributed by atoms with Crippen LogP contribution in [-0.2, 0) is 12.5 Å². The molecular formula is C26H32N4. The minimum Gasteiger partial charge on any atom is -0.268 e. The Morgan fingerprint density at radius 1 is 1.00 bits per heavy atom. The summed E-state index contributed by atoms with van der Waals surface area (Å²) in [5, 5.41) is 12.4. The Labute approximate surface area is 178 Å². The van der Waals surface area contributed by atoms with Crippen LogP contribution in [0.4, 0.5) is 0 Å². The molecule has 1 saturated carbocycles. The summed E-state index contributed by atoms with van der Waals surface area (Å²) in [6.07, 6.45) is 4.44. The van der Waals surface area contributed by atoms with Crippen molar-refractivity contribution >= 4 is 21.8 Å². The van der Waals surface area contributed by atoms with E-state index in [9.17, 15) is 0 Å². The Bertz CT molecular complexity index is 1280. The van der Waals surface area contributed by atoms with Crippen molar-refractivity contribution in [3.63, 3.8) is 0 Å². The quantitative estimate of drug-likeness (QED) is 0.401. The topological polar surface area (TPSA) is 35.6 Å². The number of hydrogen-bond donors (Lipinski definition) is 0. The number of hydrogen-bond acceptors (Lipinski definition) is 2. The van der Waals surface area contributed by atoms with Gasteiger partial charge in [0.2, 0.25) is 0 Å². The number of fused-ring (bicyclic) bond motifs is 2. The SMILES string of the molecule is Cc1ccc2cnn(C)c2c1C(C)(C)c1nn(C2CC2)c2c(C(C)C)c(C)ccc12. The van der Waals surface area contributed by atoms with Crippen molar-refractivity contribution < 1.29 is 0 Å². The molecule has 2 aromatic carbocycles. The highest BCUT2D eigenvalue weighted by Crippen LogP contribution is 2.45. The van der Waals surface area contributed by atoms with Gasteiger partial charge in [-0.25, -0.2) is 0 Å². The number of aromatic nitrogens is 4. The van der Waals surface area contributed by atoms with Crippen molar-refractivity contribution in [2.45, 2.75) is 71.8 Å². The molecule has 2 aromatic heterocycles. The molecule has 0 N–H and O–H groups in total. The normalized spacial score (nSPS) is 15.1. The third kappa shape index (κ3) is 2.65. The van der Waals surface area contributed by atoms with Crippen molar-refractivity contribution in [2.75, 3.05) is 0 Å². The van der Waals surface area contributed by atoms with E-state index in [0.717, 1.165) is 0 Å².